The van der Waals surface area contributed by atoms with Crippen molar-refractivity contribution in [2.24, 2.45) is 0 Å². The van der Waals surface area contributed by atoms with Gasteiger partial charge < -0.3 is 9.84 Å². The molecule has 1 aromatic carbocycles. The van der Waals surface area contributed by atoms with E-state index >= 15 is 0 Å². The maximum Gasteiger partial charge on any atom is 0.342 e. The predicted molar refractivity (Wildman–Crippen MR) is 52.3 cm³/mol. The van der Waals surface area contributed by atoms with E-state index in [0.29, 0.717) is 6.42 Å². The first-order chi connectivity index (χ1) is 7.16. The molecule has 1 N–H and O–H groups in total. The van der Waals surface area contributed by atoms with Gasteiger partial charge in [0, 0.05) is 6.42 Å². The Balaban J connectivity index is 2.92. The molecule has 15 heavy (non-hydrogen) atoms. The van der Waals surface area contributed by atoms with Crippen molar-refractivity contribution < 1.29 is 19.0 Å². The molecule has 0 saturated carbocycles. The quantitative estimate of drug-likeness (QED) is 0.607. The molecule has 0 aliphatic heterocycles. The van der Waals surface area contributed by atoms with E-state index in [0.717, 1.165) is 6.07 Å². The average Bonchev–Trinajstić information content (AvgIpc) is 2.17. The molecule has 0 aromatic heterocycles. The Hall–Kier alpha value is -2.02. The summed E-state index contributed by atoms with van der Waals surface area (Å²) in [7, 11) is 0. The zero-order chi connectivity index (χ0) is 11.3. The number of benzene rings is 1. The van der Waals surface area contributed by atoms with Crippen LogP contribution >= 0.6 is 0 Å². The lowest BCUT2D eigenvalue weighted by Crippen LogP contribution is -2.06. The molecule has 0 unspecified atom stereocenters. The minimum atomic E-state index is -1.36. The molecule has 0 aliphatic carbocycles. The van der Waals surface area contributed by atoms with Gasteiger partial charge in [0.2, 0.25) is 0 Å². The average molecular weight is 208 g/mol. The van der Waals surface area contributed by atoms with Crippen molar-refractivity contribution in [2.45, 2.75) is 6.42 Å². The van der Waals surface area contributed by atoms with Crippen LogP contribution in [0.1, 0.15) is 16.8 Å². The molecule has 0 spiro atoms. The molecule has 0 saturated heterocycles. The summed E-state index contributed by atoms with van der Waals surface area (Å²) in [4.78, 5) is 10.7. The van der Waals surface area contributed by atoms with E-state index in [1.54, 1.807) is 0 Å². The highest BCUT2D eigenvalue weighted by molar-refractivity contribution is 5.91. The molecular formula is C11H9FO3. The van der Waals surface area contributed by atoms with E-state index < -0.39 is 17.3 Å². The fourth-order valence-corrected chi connectivity index (χ4v) is 1.05. The van der Waals surface area contributed by atoms with E-state index in [9.17, 15) is 9.18 Å². The lowest BCUT2D eigenvalue weighted by Gasteiger charge is -2.07. The summed E-state index contributed by atoms with van der Waals surface area (Å²) >= 11 is 0. The van der Waals surface area contributed by atoms with E-state index in [4.69, 9.17) is 16.3 Å². The SMILES string of the molecule is C#CCCOc1cccc(F)c1C(=O)O. The van der Waals surface area contributed by atoms with Gasteiger partial charge in [0.05, 0.1) is 6.61 Å². The molecule has 0 aliphatic rings. The number of carboxylic acid groups (broad SMARTS) is 1. The number of halogens is 1. The lowest BCUT2D eigenvalue weighted by molar-refractivity contribution is 0.0687. The van der Waals surface area contributed by atoms with Crippen LogP contribution in [0.2, 0.25) is 0 Å². The highest BCUT2D eigenvalue weighted by Gasteiger charge is 2.16. The van der Waals surface area contributed by atoms with E-state index in [2.05, 4.69) is 5.92 Å². The number of ether oxygens (including phenoxy) is 1. The van der Waals surface area contributed by atoms with Crippen molar-refractivity contribution in [3.8, 4) is 18.1 Å². The summed E-state index contributed by atoms with van der Waals surface area (Å²) in [6.45, 7) is 0.167. The second kappa shape index (κ2) is 5.01. The molecule has 0 bridgehead atoms. The van der Waals surface area contributed by atoms with Crippen LogP contribution in [-0.4, -0.2) is 17.7 Å². The van der Waals surface area contributed by atoms with Crippen LogP contribution in [0.5, 0.6) is 5.75 Å². The smallest absolute Gasteiger partial charge is 0.342 e. The second-order valence-electron chi connectivity index (χ2n) is 2.72. The maximum absolute atomic E-state index is 13.1. The van der Waals surface area contributed by atoms with Crippen molar-refractivity contribution in [2.75, 3.05) is 6.61 Å². The fourth-order valence-electron chi connectivity index (χ4n) is 1.05. The summed E-state index contributed by atoms with van der Waals surface area (Å²) < 4.78 is 18.2. The monoisotopic (exact) mass is 208 g/mol. The van der Waals surface area contributed by atoms with Crippen molar-refractivity contribution in [1.29, 1.82) is 0 Å². The van der Waals surface area contributed by atoms with Crippen LogP contribution in [0.25, 0.3) is 0 Å². The summed E-state index contributed by atoms with van der Waals surface area (Å²) in [6, 6.07) is 3.84. The standard InChI is InChI=1S/C11H9FO3/c1-2-3-7-15-9-6-4-5-8(12)10(9)11(13)14/h1,4-6H,3,7H2,(H,13,14). The number of aromatic carboxylic acids is 1. The number of carbonyl (C=O) groups is 1. The molecule has 0 fully saturated rings. The fraction of sp³-hybridized carbons (Fsp3) is 0.182. The molecule has 1 aromatic rings. The summed E-state index contributed by atoms with van der Waals surface area (Å²) in [5, 5.41) is 8.74. The van der Waals surface area contributed by atoms with E-state index in [1.165, 1.54) is 12.1 Å². The molecule has 78 valence electrons. The minimum Gasteiger partial charge on any atom is -0.492 e. The molecule has 0 heterocycles. The van der Waals surface area contributed by atoms with Gasteiger partial charge in [-0.3, -0.25) is 0 Å². The van der Waals surface area contributed by atoms with Gasteiger partial charge in [-0.1, -0.05) is 6.07 Å². The van der Waals surface area contributed by atoms with Crippen LogP contribution in [0.4, 0.5) is 4.39 Å². The number of hydrogen-bond donors (Lipinski definition) is 1. The Bertz CT molecular complexity index is 407. The van der Waals surface area contributed by atoms with Crippen molar-refractivity contribution in [3.63, 3.8) is 0 Å². The Labute approximate surface area is 86.5 Å². The van der Waals surface area contributed by atoms with Crippen LogP contribution in [0.15, 0.2) is 18.2 Å². The van der Waals surface area contributed by atoms with E-state index in [-0.39, 0.29) is 12.4 Å². The summed E-state index contributed by atoms with van der Waals surface area (Å²) in [6.07, 6.45) is 5.34. The first-order valence-corrected chi connectivity index (χ1v) is 4.25. The molecule has 0 radical (unpaired) electrons. The van der Waals surface area contributed by atoms with Gasteiger partial charge in [0.25, 0.3) is 0 Å². The van der Waals surface area contributed by atoms with E-state index in [1.807, 2.05) is 0 Å². The third-order valence-corrected chi connectivity index (χ3v) is 1.69. The molecule has 0 amide bonds. The Morgan fingerprint density at radius 1 is 1.60 bits per heavy atom. The Morgan fingerprint density at radius 3 is 2.93 bits per heavy atom. The normalized spacial score (nSPS) is 9.33. The van der Waals surface area contributed by atoms with Gasteiger partial charge in [0.1, 0.15) is 17.1 Å². The van der Waals surface area contributed by atoms with Crippen molar-refractivity contribution >= 4 is 5.97 Å². The van der Waals surface area contributed by atoms with Crippen LogP contribution in [0, 0.1) is 18.2 Å². The molecule has 4 heteroatoms. The Morgan fingerprint density at radius 2 is 2.33 bits per heavy atom. The van der Waals surface area contributed by atoms with Gasteiger partial charge in [-0.15, -0.1) is 12.3 Å². The summed E-state index contributed by atoms with van der Waals surface area (Å²) in [5.41, 5.74) is -0.463. The highest BCUT2D eigenvalue weighted by Crippen LogP contribution is 2.21. The first-order valence-electron chi connectivity index (χ1n) is 4.25. The van der Waals surface area contributed by atoms with Crippen LogP contribution in [-0.2, 0) is 0 Å². The minimum absolute atomic E-state index is 0.00208. The van der Waals surface area contributed by atoms with Gasteiger partial charge in [0.15, 0.2) is 0 Å². The largest absolute Gasteiger partial charge is 0.492 e. The summed E-state index contributed by atoms with van der Waals surface area (Å²) in [5.74, 6) is 0.157. The van der Waals surface area contributed by atoms with Crippen LogP contribution in [0.3, 0.4) is 0 Å². The van der Waals surface area contributed by atoms with Gasteiger partial charge >= 0.3 is 5.97 Å². The molecular weight excluding hydrogens is 199 g/mol. The Kier molecular flexibility index (Phi) is 3.69. The van der Waals surface area contributed by atoms with Crippen LogP contribution < -0.4 is 4.74 Å². The molecule has 0 atom stereocenters. The number of rotatable bonds is 4. The highest BCUT2D eigenvalue weighted by atomic mass is 19.1. The number of terminal acetylenes is 1. The third-order valence-electron chi connectivity index (χ3n) is 1.69. The number of hydrogen-bond acceptors (Lipinski definition) is 2. The second-order valence-corrected chi connectivity index (χ2v) is 2.72. The topological polar surface area (TPSA) is 46.5 Å². The third kappa shape index (κ3) is 2.71. The van der Waals surface area contributed by atoms with Gasteiger partial charge in [-0.25, -0.2) is 9.18 Å². The van der Waals surface area contributed by atoms with Gasteiger partial charge in [-0.2, -0.15) is 0 Å². The molecule has 1 rings (SSSR count). The van der Waals surface area contributed by atoms with Gasteiger partial charge in [-0.05, 0) is 12.1 Å². The van der Waals surface area contributed by atoms with Crippen molar-refractivity contribution in [1.82, 2.24) is 0 Å². The lowest BCUT2D eigenvalue weighted by atomic mass is 10.2. The maximum atomic E-state index is 13.1. The van der Waals surface area contributed by atoms with Crippen molar-refractivity contribution in [3.05, 3.63) is 29.6 Å². The molecule has 3 nitrogen and oxygen atoms in total. The number of carboxylic acids is 1. The zero-order valence-electron chi connectivity index (χ0n) is 7.87. The first kappa shape index (κ1) is 11.1. The zero-order valence-corrected chi connectivity index (χ0v) is 7.87. The predicted octanol–water partition coefficient (Wildman–Crippen LogP) is 1.93.